The highest BCUT2D eigenvalue weighted by Crippen LogP contribution is 2.33. The van der Waals surface area contributed by atoms with Crippen LogP contribution in [0, 0.1) is 6.92 Å². The van der Waals surface area contributed by atoms with E-state index >= 15 is 0 Å². The van der Waals surface area contributed by atoms with Crippen molar-refractivity contribution in [2.45, 2.75) is 6.92 Å². The lowest BCUT2D eigenvalue weighted by Gasteiger charge is -2.37. The van der Waals surface area contributed by atoms with Crippen molar-refractivity contribution < 1.29 is 28.6 Å². The fourth-order valence-electron chi connectivity index (χ4n) is 5.31. The molecule has 4 amide bonds. The van der Waals surface area contributed by atoms with E-state index in [2.05, 4.69) is 15.5 Å². The van der Waals surface area contributed by atoms with Crippen molar-refractivity contribution in [3.05, 3.63) is 77.4 Å². The molecule has 3 aromatic rings. The van der Waals surface area contributed by atoms with Crippen molar-refractivity contribution in [3.63, 3.8) is 0 Å². The van der Waals surface area contributed by atoms with Gasteiger partial charge in [0.2, 0.25) is 6.79 Å². The third-order valence-corrected chi connectivity index (χ3v) is 7.59. The fourth-order valence-corrected chi connectivity index (χ4v) is 5.31. The Kier molecular flexibility index (Phi) is 7.83. The van der Waals surface area contributed by atoms with E-state index in [9.17, 15) is 14.4 Å². The molecule has 0 unspecified atom stereocenters. The Morgan fingerprint density at radius 3 is 2.29 bits per heavy atom. The zero-order chi connectivity index (χ0) is 29.1. The van der Waals surface area contributed by atoms with Gasteiger partial charge in [-0.1, -0.05) is 12.1 Å². The number of hydrogen-bond acceptors (Lipinski definition) is 7. The van der Waals surface area contributed by atoms with Gasteiger partial charge in [-0.15, -0.1) is 0 Å². The average molecular weight is 572 g/mol. The summed E-state index contributed by atoms with van der Waals surface area (Å²) >= 11 is 0. The van der Waals surface area contributed by atoms with Gasteiger partial charge in [-0.2, -0.15) is 0 Å². The Morgan fingerprint density at radius 2 is 1.50 bits per heavy atom. The summed E-state index contributed by atoms with van der Waals surface area (Å²) in [5, 5.41) is 5.89. The van der Waals surface area contributed by atoms with Crippen LogP contribution in [-0.4, -0.2) is 86.9 Å². The van der Waals surface area contributed by atoms with Gasteiger partial charge in [0, 0.05) is 61.9 Å². The zero-order valence-corrected chi connectivity index (χ0v) is 23.4. The van der Waals surface area contributed by atoms with E-state index in [-0.39, 0.29) is 24.6 Å². The molecule has 6 rings (SSSR count). The van der Waals surface area contributed by atoms with E-state index in [4.69, 9.17) is 14.2 Å². The summed E-state index contributed by atoms with van der Waals surface area (Å²) in [4.78, 5) is 45.4. The molecule has 0 saturated carbocycles. The third-order valence-electron chi connectivity index (χ3n) is 7.59. The van der Waals surface area contributed by atoms with Gasteiger partial charge >= 0.3 is 6.03 Å². The first-order valence-electron chi connectivity index (χ1n) is 14.0. The number of carbonyl (C=O) groups is 3. The largest absolute Gasteiger partial charge is 0.454 e. The minimum absolute atomic E-state index is 0.118. The number of hydrogen-bond donors (Lipinski definition) is 2. The predicted octanol–water partition coefficient (Wildman–Crippen LogP) is 3.80. The normalized spacial score (nSPS) is 16.3. The van der Waals surface area contributed by atoms with Crippen LogP contribution in [-0.2, 0) is 4.74 Å². The van der Waals surface area contributed by atoms with Crippen LogP contribution in [0.25, 0.3) is 0 Å². The number of piperazine rings is 1. The second-order valence-electron chi connectivity index (χ2n) is 10.4. The van der Waals surface area contributed by atoms with Gasteiger partial charge in [-0.3, -0.25) is 9.59 Å². The molecule has 11 heteroatoms. The summed E-state index contributed by atoms with van der Waals surface area (Å²) in [6, 6.07) is 18.0. The molecule has 0 aromatic heterocycles. The van der Waals surface area contributed by atoms with Crippen LogP contribution < -0.4 is 25.0 Å². The molecule has 2 saturated heterocycles. The van der Waals surface area contributed by atoms with Gasteiger partial charge in [0.1, 0.15) is 0 Å². The van der Waals surface area contributed by atoms with Gasteiger partial charge in [-0.25, -0.2) is 4.79 Å². The maximum Gasteiger partial charge on any atom is 0.321 e. The molecule has 2 N–H and O–H groups in total. The number of urea groups is 1. The highest BCUT2D eigenvalue weighted by molar-refractivity contribution is 6.06. The first-order chi connectivity index (χ1) is 20.4. The van der Waals surface area contributed by atoms with Gasteiger partial charge in [0.05, 0.1) is 18.8 Å². The molecule has 2 fully saturated rings. The second-order valence-corrected chi connectivity index (χ2v) is 10.4. The van der Waals surface area contributed by atoms with Crippen molar-refractivity contribution in [2.75, 3.05) is 74.8 Å². The number of benzene rings is 3. The number of fused-ring (bicyclic) bond motifs is 1. The summed E-state index contributed by atoms with van der Waals surface area (Å²) in [6.07, 6.45) is 0. The van der Waals surface area contributed by atoms with Gasteiger partial charge in [-0.05, 0) is 61.0 Å². The maximum absolute atomic E-state index is 13.7. The average Bonchev–Trinajstić information content (AvgIpc) is 3.49. The molecule has 0 aliphatic carbocycles. The molecule has 3 aliphatic heterocycles. The quantitative estimate of drug-likeness (QED) is 0.479. The number of amides is 4. The molecule has 0 spiro atoms. The molecular weight excluding hydrogens is 538 g/mol. The number of ether oxygens (including phenoxy) is 3. The maximum atomic E-state index is 13.7. The van der Waals surface area contributed by atoms with Gasteiger partial charge in [0.25, 0.3) is 11.8 Å². The van der Waals surface area contributed by atoms with Crippen LogP contribution in [0.5, 0.6) is 11.5 Å². The Hall–Kier alpha value is -4.77. The molecule has 42 heavy (non-hydrogen) atoms. The molecule has 0 atom stereocenters. The van der Waals surface area contributed by atoms with Crippen molar-refractivity contribution in [2.24, 2.45) is 0 Å². The third kappa shape index (κ3) is 5.96. The predicted molar refractivity (Wildman–Crippen MR) is 158 cm³/mol. The van der Waals surface area contributed by atoms with Crippen molar-refractivity contribution in [1.82, 2.24) is 9.80 Å². The zero-order valence-electron chi connectivity index (χ0n) is 23.4. The molecule has 218 valence electrons. The second kappa shape index (κ2) is 12.0. The topological polar surface area (TPSA) is 113 Å². The van der Waals surface area contributed by atoms with Crippen LogP contribution >= 0.6 is 0 Å². The number of anilines is 3. The fraction of sp³-hybridized carbons (Fsp3) is 0.323. The molecule has 11 nitrogen and oxygen atoms in total. The number of morpholine rings is 1. The minimum atomic E-state index is -0.320. The minimum Gasteiger partial charge on any atom is -0.454 e. The SMILES string of the molecule is Cc1cccc(NC(=O)N2CCN(c3ccc(NC(=O)c4ccc5c(c4)OCO5)cc3C(=O)N3CCOCC3)CC2)c1. The van der Waals surface area contributed by atoms with Gasteiger partial charge < -0.3 is 39.5 Å². The van der Waals surface area contributed by atoms with E-state index in [1.807, 2.05) is 37.3 Å². The lowest BCUT2D eigenvalue weighted by molar-refractivity contribution is 0.0303. The number of nitrogens with zero attached hydrogens (tertiary/aromatic N) is 3. The van der Waals surface area contributed by atoms with E-state index in [1.54, 1.807) is 40.1 Å². The highest BCUT2D eigenvalue weighted by atomic mass is 16.7. The highest BCUT2D eigenvalue weighted by Gasteiger charge is 2.28. The number of carbonyl (C=O) groups excluding carboxylic acids is 3. The summed E-state index contributed by atoms with van der Waals surface area (Å²) in [5.74, 6) is 0.682. The number of nitrogens with one attached hydrogen (secondary N) is 2. The van der Waals surface area contributed by atoms with Crippen LogP contribution in [0.4, 0.5) is 21.9 Å². The summed E-state index contributed by atoms with van der Waals surface area (Å²) in [5.41, 5.74) is 4.04. The van der Waals surface area contributed by atoms with Crippen LogP contribution in [0.3, 0.4) is 0 Å². The van der Waals surface area contributed by atoms with E-state index in [0.29, 0.717) is 80.8 Å². The Balaban J connectivity index is 1.18. The molecule has 3 aromatic carbocycles. The summed E-state index contributed by atoms with van der Waals surface area (Å²) < 4.78 is 16.2. The molecule has 3 heterocycles. The molecular formula is C31H33N5O6. The Labute approximate surface area is 243 Å². The first kappa shape index (κ1) is 27.4. The molecule has 0 bridgehead atoms. The van der Waals surface area contributed by atoms with E-state index in [1.165, 1.54) is 0 Å². The summed E-state index contributed by atoms with van der Waals surface area (Å²) in [7, 11) is 0. The summed E-state index contributed by atoms with van der Waals surface area (Å²) in [6.45, 7) is 6.21. The molecule has 0 radical (unpaired) electrons. The standard InChI is InChI=1S/C31H33N5O6/c1-21-3-2-4-23(17-21)33-31(39)36-11-9-34(10-12-36)26-7-6-24(19-25(26)30(38)35-13-15-40-16-14-35)32-29(37)22-5-8-27-28(18-22)42-20-41-27/h2-8,17-19H,9-16,20H2,1H3,(H,32,37)(H,33,39). The number of aryl methyl sites for hydroxylation is 1. The van der Waals surface area contributed by atoms with Crippen LogP contribution in [0.2, 0.25) is 0 Å². The van der Waals surface area contributed by atoms with Crippen molar-refractivity contribution in [3.8, 4) is 11.5 Å². The van der Waals surface area contributed by atoms with Crippen LogP contribution in [0.15, 0.2) is 60.7 Å². The van der Waals surface area contributed by atoms with Crippen molar-refractivity contribution >= 4 is 34.9 Å². The number of rotatable bonds is 5. The first-order valence-corrected chi connectivity index (χ1v) is 14.0. The van der Waals surface area contributed by atoms with Crippen molar-refractivity contribution in [1.29, 1.82) is 0 Å². The Bertz CT molecular complexity index is 1500. The molecule has 3 aliphatic rings. The van der Waals surface area contributed by atoms with Crippen LogP contribution in [0.1, 0.15) is 26.3 Å². The van der Waals surface area contributed by atoms with E-state index in [0.717, 1.165) is 16.9 Å². The Morgan fingerprint density at radius 1 is 0.738 bits per heavy atom. The monoisotopic (exact) mass is 571 g/mol. The smallest absolute Gasteiger partial charge is 0.321 e. The lowest BCUT2D eigenvalue weighted by Crippen LogP contribution is -2.50. The van der Waals surface area contributed by atoms with E-state index < -0.39 is 0 Å². The lowest BCUT2D eigenvalue weighted by atomic mass is 10.1. The van der Waals surface area contributed by atoms with Gasteiger partial charge in [0.15, 0.2) is 11.5 Å².